The Morgan fingerprint density at radius 2 is 2.06 bits per heavy atom. The highest BCUT2D eigenvalue weighted by Crippen LogP contribution is 2.36. The molecule has 1 rings (SSSR count). The number of rotatable bonds is 5. The minimum absolute atomic E-state index is 0.114. The van der Waals surface area contributed by atoms with Crippen LogP contribution in [0.2, 0.25) is 0 Å². The molecule has 5 heteroatoms. The number of carbonyl (C=O) groups excluding carboxylic acids is 1. The second-order valence-corrected chi connectivity index (χ2v) is 4.68. The normalized spacial score (nSPS) is 11.1. The Kier molecular flexibility index (Phi) is 3.96. The SMILES string of the molecule is COc1cc(C=O)c(C(C)(C)CC(=O)O)cc1O. The van der Waals surface area contributed by atoms with Crippen LogP contribution in [-0.4, -0.2) is 29.6 Å². The van der Waals surface area contributed by atoms with Gasteiger partial charge in [0.2, 0.25) is 0 Å². The molecule has 0 amide bonds. The number of phenolic OH excluding ortho intramolecular Hbond substituents is 1. The van der Waals surface area contributed by atoms with E-state index in [1.807, 2.05) is 0 Å². The number of hydrogen-bond acceptors (Lipinski definition) is 4. The number of ether oxygens (including phenoxy) is 1. The predicted molar refractivity (Wildman–Crippen MR) is 65.3 cm³/mol. The number of benzene rings is 1. The van der Waals surface area contributed by atoms with Gasteiger partial charge in [0, 0.05) is 11.0 Å². The largest absolute Gasteiger partial charge is 0.504 e. The monoisotopic (exact) mass is 252 g/mol. The van der Waals surface area contributed by atoms with Crippen molar-refractivity contribution < 1.29 is 24.5 Å². The molecule has 0 aromatic heterocycles. The van der Waals surface area contributed by atoms with Crippen LogP contribution in [0.15, 0.2) is 12.1 Å². The lowest BCUT2D eigenvalue weighted by Crippen LogP contribution is -2.23. The van der Waals surface area contributed by atoms with Crippen LogP contribution in [0.25, 0.3) is 0 Å². The Morgan fingerprint density at radius 1 is 1.44 bits per heavy atom. The molecule has 0 radical (unpaired) electrons. The highest BCUT2D eigenvalue weighted by Gasteiger charge is 2.28. The minimum atomic E-state index is -0.966. The van der Waals surface area contributed by atoms with Gasteiger partial charge in [-0.15, -0.1) is 0 Å². The average molecular weight is 252 g/mol. The van der Waals surface area contributed by atoms with Crippen LogP contribution in [-0.2, 0) is 10.2 Å². The minimum Gasteiger partial charge on any atom is -0.504 e. The van der Waals surface area contributed by atoms with Gasteiger partial charge in [0.15, 0.2) is 11.5 Å². The van der Waals surface area contributed by atoms with Crippen LogP contribution < -0.4 is 4.74 Å². The molecule has 0 spiro atoms. The second-order valence-electron chi connectivity index (χ2n) is 4.68. The van der Waals surface area contributed by atoms with E-state index >= 15 is 0 Å². The third-order valence-corrected chi connectivity index (χ3v) is 2.80. The number of carbonyl (C=O) groups is 2. The number of aldehydes is 1. The Balaban J connectivity index is 3.35. The molecule has 98 valence electrons. The summed E-state index contributed by atoms with van der Waals surface area (Å²) in [7, 11) is 1.38. The number of methoxy groups -OCH3 is 1. The Morgan fingerprint density at radius 3 is 2.50 bits per heavy atom. The molecule has 0 bridgehead atoms. The fraction of sp³-hybridized carbons (Fsp3) is 0.385. The number of carboxylic acid groups (broad SMARTS) is 1. The van der Waals surface area contributed by atoms with E-state index in [0.29, 0.717) is 17.4 Å². The lowest BCUT2D eigenvalue weighted by molar-refractivity contribution is -0.138. The summed E-state index contributed by atoms with van der Waals surface area (Å²) in [5, 5.41) is 18.6. The van der Waals surface area contributed by atoms with Gasteiger partial charge in [-0.3, -0.25) is 9.59 Å². The molecular formula is C13H16O5. The van der Waals surface area contributed by atoms with Crippen LogP contribution in [0.3, 0.4) is 0 Å². The van der Waals surface area contributed by atoms with E-state index in [9.17, 15) is 14.7 Å². The van der Waals surface area contributed by atoms with Crippen molar-refractivity contribution in [3.8, 4) is 11.5 Å². The predicted octanol–water partition coefficient (Wildman–Crippen LogP) is 1.97. The van der Waals surface area contributed by atoms with Crippen LogP contribution in [0.5, 0.6) is 11.5 Å². The summed E-state index contributed by atoms with van der Waals surface area (Å²) in [5.41, 5.74) is 0.0420. The maximum atomic E-state index is 11.1. The Bertz CT molecular complexity index is 477. The van der Waals surface area contributed by atoms with Gasteiger partial charge in [-0.1, -0.05) is 13.8 Å². The van der Waals surface area contributed by atoms with Gasteiger partial charge in [-0.05, 0) is 17.7 Å². The van der Waals surface area contributed by atoms with E-state index < -0.39 is 11.4 Å². The highest BCUT2D eigenvalue weighted by atomic mass is 16.5. The molecule has 18 heavy (non-hydrogen) atoms. The summed E-state index contributed by atoms with van der Waals surface area (Å²) in [5.74, 6) is -0.893. The number of hydrogen-bond donors (Lipinski definition) is 2. The number of carboxylic acids is 1. The van der Waals surface area contributed by atoms with Crippen molar-refractivity contribution in [3.63, 3.8) is 0 Å². The van der Waals surface area contributed by atoms with Gasteiger partial charge in [0.25, 0.3) is 0 Å². The van der Waals surface area contributed by atoms with Gasteiger partial charge in [-0.25, -0.2) is 0 Å². The summed E-state index contributed by atoms with van der Waals surface area (Å²) in [6.07, 6.45) is 0.487. The van der Waals surface area contributed by atoms with Crippen molar-refractivity contribution in [3.05, 3.63) is 23.3 Å². The smallest absolute Gasteiger partial charge is 0.304 e. The van der Waals surface area contributed by atoms with Crippen LogP contribution >= 0.6 is 0 Å². The maximum absolute atomic E-state index is 11.1. The fourth-order valence-electron chi connectivity index (χ4n) is 1.90. The first-order valence-electron chi connectivity index (χ1n) is 5.40. The van der Waals surface area contributed by atoms with Crippen molar-refractivity contribution >= 4 is 12.3 Å². The van der Waals surface area contributed by atoms with E-state index in [4.69, 9.17) is 9.84 Å². The first-order valence-corrected chi connectivity index (χ1v) is 5.40. The zero-order valence-corrected chi connectivity index (χ0v) is 10.6. The molecule has 0 aliphatic heterocycles. The fourth-order valence-corrected chi connectivity index (χ4v) is 1.90. The van der Waals surface area contributed by atoms with Crippen molar-refractivity contribution in [2.24, 2.45) is 0 Å². The molecule has 0 unspecified atom stereocenters. The molecule has 2 N–H and O–H groups in total. The van der Waals surface area contributed by atoms with Crippen LogP contribution in [0.4, 0.5) is 0 Å². The summed E-state index contributed by atoms with van der Waals surface area (Å²) in [4.78, 5) is 21.9. The number of phenols is 1. The van der Waals surface area contributed by atoms with E-state index in [2.05, 4.69) is 0 Å². The zero-order chi connectivity index (χ0) is 13.9. The molecule has 5 nitrogen and oxygen atoms in total. The maximum Gasteiger partial charge on any atom is 0.304 e. The Hall–Kier alpha value is -2.04. The zero-order valence-electron chi connectivity index (χ0n) is 10.6. The van der Waals surface area contributed by atoms with Crippen LogP contribution in [0.1, 0.15) is 36.2 Å². The molecule has 0 saturated carbocycles. The lowest BCUT2D eigenvalue weighted by atomic mass is 9.79. The quantitative estimate of drug-likeness (QED) is 0.783. The lowest BCUT2D eigenvalue weighted by Gasteiger charge is -2.25. The van der Waals surface area contributed by atoms with E-state index in [0.717, 1.165) is 0 Å². The molecule has 0 heterocycles. The summed E-state index contributed by atoms with van der Waals surface area (Å²) in [6, 6.07) is 2.78. The summed E-state index contributed by atoms with van der Waals surface area (Å²) >= 11 is 0. The standard InChI is InChI=1S/C13H16O5/c1-13(2,6-12(16)17)9-5-10(15)11(18-3)4-8(9)7-14/h4-5,7,15H,6H2,1-3H3,(H,16,17). The Labute approximate surface area is 105 Å². The average Bonchev–Trinajstić information content (AvgIpc) is 2.27. The molecular weight excluding hydrogens is 236 g/mol. The first kappa shape index (κ1) is 14.0. The topological polar surface area (TPSA) is 83.8 Å². The van der Waals surface area contributed by atoms with Crippen LogP contribution in [0, 0.1) is 0 Å². The molecule has 0 saturated heterocycles. The van der Waals surface area contributed by atoms with Gasteiger partial charge in [-0.2, -0.15) is 0 Å². The van der Waals surface area contributed by atoms with E-state index in [-0.39, 0.29) is 17.9 Å². The van der Waals surface area contributed by atoms with Gasteiger partial charge in [0.05, 0.1) is 13.5 Å². The first-order chi connectivity index (χ1) is 8.31. The molecule has 0 aliphatic carbocycles. The third-order valence-electron chi connectivity index (χ3n) is 2.80. The third kappa shape index (κ3) is 2.80. The second kappa shape index (κ2) is 5.08. The van der Waals surface area contributed by atoms with Crippen molar-refractivity contribution in [2.45, 2.75) is 25.7 Å². The summed E-state index contributed by atoms with van der Waals surface area (Å²) < 4.78 is 4.91. The van der Waals surface area contributed by atoms with Crippen molar-refractivity contribution in [1.82, 2.24) is 0 Å². The molecule has 0 fully saturated rings. The van der Waals surface area contributed by atoms with E-state index in [1.165, 1.54) is 19.2 Å². The highest BCUT2D eigenvalue weighted by molar-refractivity contribution is 5.81. The van der Waals surface area contributed by atoms with Crippen molar-refractivity contribution in [2.75, 3.05) is 7.11 Å². The number of aliphatic carboxylic acids is 1. The molecule has 1 aromatic rings. The molecule has 0 aliphatic rings. The molecule has 1 aromatic carbocycles. The van der Waals surface area contributed by atoms with Gasteiger partial charge in [0.1, 0.15) is 6.29 Å². The van der Waals surface area contributed by atoms with Gasteiger partial charge < -0.3 is 14.9 Å². The summed E-state index contributed by atoms with van der Waals surface area (Å²) in [6.45, 7) is 3.41. The van der Waals surface area contributed by atoms with Crippen molar-refractivity contribution in [1.29, 1.82) is 0 Å². The number of aromatic hydroxyl groups is 1. The van der Waals surface area contributed by atoms with Gasteiger partial charge >= 0.3 is 5.97 Å². The van der Waals surface area contributed by atoms with E-state index in [1.54, 1.807) is 13.8 Å². The molecule has 0 atom stereocenters.